The molecule has 0 saturated carbocycles. The second kappa shape index (κ2) is 13.9. The Morgan fingerprint density at radius 2 is 1.15 bits per heavy atom. The highest BCUT2D eigenvalue weighted by Crippen LogP contribution is 2.14. The van der Waals surface area contributed by atoms with Crippen LogP contribution in [0.15, 0.2) is 29.8 Å². The fourth-order valence-electron chi connectivity index (χ4n) is 3.42. The Morgan fingerprint density at radius 3 is 1.65 bits per heavy atom. The number of rotatable bonds is 15. The smallest absolute Gasteiger partial charge is 0.117 e. The maximum Gasteiger partial charge on any atom is 0.117 e. The molecule has 0 aliphatic heterocycles. The molecule has 0 saturated heterocycles. The Morgan fingerprint density at radius 1 is 0.654 bits per heavy atom. The molecule has 0 bridgehead atoms. The van der Waals surface area contributed by atoms with Crippen LogP contribution in [0.2, 0.25) is 0 Å². The van der Waals surface area contributed by atoms with E-state index in [1.807, 2.05) is 5.51 Å². The summed E-state index contributed by atoms with van der Waals surface area (Å²) < 4.78 is 0. The van der Waals surface area contributed by atoms with Gasteiger partial charge in [-0.05, 0) is 43.2 Å². The maximum absolute atomic E-state index is 4.10. The van der Waals surface area contributed by atoms with Gasteiger partial charge in [0.05, 0.1) is 0 Å². The van der Waals surface area contributed by atoms with Gasteiger partial charge in [-0.3, -0.25) is 0 Å². The summed E-state index contributed by atoms with van der Waals surface area (Å²) >= 11 is 1.68. The van der Waals surface area contributed by atoms with Gasteiger partial charge in [0.25, 0.3) is 0 Å². The van der Waals surface area contributed by atoms with Crippen LogP contribution in [0.3, 0.4) is 0 Å². The van der Waals surface area contributed by atoms with Crippen molar-refractivity contribution in [2.24, 2.45) is 0 Å². The zero-order valence-electron chi connectivity index (χ0n) is 16.6. The van der Waals surface area contributed by atoms with Gasteiger partial charge in [0.1, 0.15) is 10.5 Å². The van der Waals surface area contributed by atoms with Crippen LogP contribution >= 0.6 is 11.3 Å². The van der Waals surface area contributed by atoms with E-state index in [0.29, 0.717) is 0 Å². The summed E-state index contributed by atoms with van der Waals surface area (Å²) in [7, 11) is 0. The van der Waals surface area contributed by atoms with E-state index in [9.17, 15) is 0 Å². The van der Waals surface area contributed by atoms with Crippen LogP contribution in [0.4, 0.5) is 0 Å². The van der Waals surface area contributed by atoms with Crippen LogP contribution in [0.1, 0.15) is 93.7 Å². The number of aryl methyl sites for hydroxylation is 3. The van der Waals surface area contributed by atoms with Gasteiger partial charge in [-0.15, -0.1) is 21.5 Å². The van der Waals surface area contributed by atoms with Gasteiger partial charge in [-0.25, -0.2) is 0 Å². The maximum atomic E-state index is 4.10. The SMILES string of the molecule is CCCCCCCCc1ccc(CCCCCCCc2nncs2)cc1. The Hall–Kier alpha value is -1.22. The first-order valence-electron chi connectivity index (χ1n) is 10.7. The highest BCUT2D eigenvalue weighted by Gasteiger charge is 1.99. The van der Waals surface area contributed by atoms with Gasteiger partial charge in [0, 0.05) is 6.42 Å². The number of aromatic nitrogens is 2. The highest BCUT2D eigenvalue weighted by atomic mass is 32.1. The average Bonchev–Trinajstić information content (AvgIpc) is 3.18. The molecule has 1 aromatic carbocycles. The van der Waals surface area contributed by atoms with Crippen molar-refractivity contribution >= 4 is 11.3 Å². The summed E-state index contributed by atoms with van der Waals surface area (Å²) in [4.78, 5) is 0. The van der Waals surface area contributed by atoms with E-state index in [1.165, 1.54) is 99.6 Å². The molecule has 0 aliphatic rings. The molecule has 2 rings (SSSR count). The molecule has 2 aromatic rings. The average molecular weight is 373 g/mol. The van der Waals surface area contributed by atoms with Crippen molar-refractivity contribution in [3.63, 3.8) is 0 Å². The largest absolute Gasteiger partial charge is 0.147 e. The van der Waals surface area contributed by atoms with Crippen molar-refractivity contribution in [1.82, 2.24) is 10.2 Å². The topological polar surface area (TPSA) is 25.8 Å². The van der Waals surface area contributed by atoms with E-state index in [1.54, 1.807) is 11.3 Å². The second-order valence-electron chi connectivity index (χ2n) is 7.43. The summed E-state index contributed by atoms with van der Waals surface area (Å²) in [5.74, 6) is 0. The molecule has 1 heterocycles. The minimum absolute atomic E-state index is 1.10. The molecule has 3 heteroatoms. The van der Waals surface area contributed by atoms with E-state index < -0.39 is 0 Å². The quantitative estimate of drug-likeness (QED) is 0.309. The lowest BCUT2D eigenvalue weighted by atomic mass is 10.0. The van der Waals surface area contributed by atoms with Crippen molar-refractivity contribution in [1.29, 1.82) is 0 Å². The number of hydrogen-bond acceptors (Lipinski definition) is 3. The fourth-order valence-corrected chi connectivity index (χ4v) is 4.00. The van der Waals surface area contributed by atoms with Crippen LogP contribution < -0.4 is 0 Å². The third-order valence-corrected chi connectivity index (χ3v) is 5.86. The van der Waals surface area contributed by atoms with E-state index >= 15 is 0 Å². The molecule has 144 valence electrons. The minimum Gasteiger partial charge on any atom is -0.147 e. The van der Waals surface area contributed by atoms with E-state index in [2.05, 4.69) is 41.4 Å². The molecular formula is C23H36N2S. The van der Waals surface area contributed by atoms with Crippen molar-refractivity contribution in [3.8, 4) is 0 Å². The van der Waals surface area contributed by atoms with Crippen molar-refractivity contribution in [2.75, 3.05) is 0 Å². The van der Waals surface area contributed by atoms with E-state index in [4.69, 9.17) is 0 Å². The first-order chi connectivity index (χ1) is 12.9. The number of nitrogens with zero attached hydrogens (tertiary/aromatic N) is 2. The van der Waals surface area contributed by atoms with Crippen LogP contribution in [-0.4, -0.2) is 10.2 Å². The molecule has 0 N–H and O–H groups in total. The molecule has 0 fully saturated rings. The van der Waals surface area contributed by atoms with Crippen LogP contribution in [0.25, 0.3) is 0 Å². The van der Waals surface area contributed by atoms with E-state index in [-0.39, 0.29) is 0 Å². The molecule has 2 nitrogen and oxygen atoms in total. The molecular weight excluding hydrogens is 336 g/mol. The zero-order chi connectivity index (χ0) is 18.3. The summed E-state index contributed by atoms with van der Waals surface area (Å²) in [6, 6.07) is 9.40. The van der Waals surface area contributed by atoms with Gasteiger partial charge in [0.2, 0.25) is 0 Å². The van der Waals surface area contributed by atoms with E-state index in [0.717, 1.165) is 6.42 Å². The summed E-state index contributed by atoms with van der Waals surface area (Å²) in [5.41, 5.74) is 4.85. The van der Waals surface area contributed by atoms with Gasteiger partial charge in [-0.1, -0.05) is 82.6 Å². The molecule has 0 amide bonds. The first kappa shape index (κ1) is 21.1. The molecule has 26 heavy (non-hydrogen) atoms. The van der Waals surface area contributed by atoms with Gasteiger partial charge < -0.3 is 0 Å². The lowest BCUT2D eigenvalue weighted by Gasteiger charge is -2.05. The molecule has 0 unspecified atom stereocenters. The lowest BCUT2D eigenvalue weighted by Crippen LogP contribution is -1.90. The number of unbranched alkanes of at least 4 members (excludes halogenated alkanes) is 9. The Labute approximate surface area is 164 Å². The molecule has 0 radical (unpaired) electrons. The molecule has 0 spiro atoms. The predicted molar refractivity (Wildman–Crippen MR) is 114 cm³/mol. The monoisotopic (exact) mass is 372 g/mol. The number of hydrogen-bond donors (Lipinski definition) is 0. The third kappa shape index (κ3) is 9.47. The number of benzene rings is 1. The summed E-state index contributed by atoms with van der Waals surface area (Å²) in [6.07, 6.45) is 18.5. The normalized spacial score (nSPS) is 11.1. The van der Waals surface area contributed by atoms with Crippen LogP contribution in [-0.2, 0) is 19.3 Å². The third-order valence-electron chi connectivity index (χ3n) is 5.10. The first-order valence-corrected chi connectivity index (χ1v) is 11.6. The van der Waals surface area contributed by atoms with Crippen molar-refractivity contribution in [3.05, 3.63) is 45.9 Å². The highest BCUT2D eigenvalue weighted by molar-refractivity contribution is 7.09. The van der Waals surface area contributed by atoms with Crippen molar-refractivity contribution in [2.45, 2.75) is 96.8 Å². The van der Waals surface area contributed by atoms with Gasteiger partial charge in [-0.2, -0.15) is 0 Å². The summed E-state index contributed by atoms with van der Waals surface area (Å²) in [6.45, 7) is 2.28. The van der Waals surface area contributed by atoms with Gasteiger partial charge >= 0.3 is 0 Å². The standard InChI is InChI=1S/C23H36N2S/c1-2-3-4-5-7-10-13-21-16-18-22(19-17-21)14-11-8-6-9-12-15-23-25-24-20-26-23/h16-20H,2-15H2,1H3. The molecule has 1 aromatic heterocycles. The molecule has 0 aliphatic carbocycles. The summed E-state index contributed by atoms with van der Waals surface area (Å²) in [5, 5.41) is 9.18. The fraction of sp³-hybridized carbons (Fsp3) is 0.652. The van der Waals surface area contributed by atoms with Gasteiger partial charge in [0.15, 0.2) is 0 Å². The predicted octanol–water partition coefficient (Wildman–Crippen LogP) is 7.18. The lowest BCUT2D eigenvalue weighted by molar-refractivity contribution is 0.607. The Kier molecular flexibility index (Phi) is 11.3. The minimum atomic E-state index is 1.10. The van der Waals surface area contributed by atoms with Crippen LogP contribution in [0, 0.1) is 0 Å². The van der Waals surface area contributed by atoms with Crippen LogP contribution in [0.5, 0.6) is 0 Å². The Balaban J connectivity index is 1.46. The second-order valence-corrected chi connectivity index (χ2v) is 8.35. The van der Waals surface area contributed by atoms with Crippen molar-refractivity contribution < 1.29 is 0 Å². The zero-order valence-corrected chi connectivity index (χ0v) is 17.4. The molecule has 0 atom stereocenters. The Bertz CT molecular complexity index is 548.